The fourth-order valence-corrected chi connectivity index (χ4v) is 1.14. The Morgan fingerprint density at radius 1 is 1.17 bits per heavy atom. The van der Waals surface area contributed by atoms with E-state index in [-0.39, 0.29) is 6.61 Å². The zero-order valence-corrected chi connectivity index (χ0v) is 10.1. The lowest BCUT2D eigenvalue weighted by molar-refractivity contribution is -0.139. The Kier molecular flexibility index (Phi) is 6.35. The van der Waals surface area contributed by atoms with Crippen LogP contribution in [0.15, 0.2) is 36.9 Å². The maximum absolute atomic E-state index is 10.7. The Balaban J connectivity index is 2.00. The number of benzene rings is 1. The van der Waals surface area contributed by atoms with E-state index < -0.39 is 5.97 Å². The second kappa shape index (κ2) is 8.14. The van der Waals surface area contributed by atoms with E-state index in [2.05, 4.69) is 6.58 Å². The summed E-state index contributed by atoms with van der Waals surface area (Å²) >= 11 is 0. The number of anilines is 1. The van der Waals surface area contributed by atoms with Gasteiger partial charge in [-0.2, -0.15) is 0 Å². The molecule has 1 rings (SSSR count). The number of rotatable bonds is 8. The van der Waals surface area contributed by atoms with Crippen molar-refractivity contribution < 1.29 is 19.0 Å². The molecule has 0 spiro atoms. The Labute approximate surface area is 106 Å². The van der Waals surface area contributed by atoms with Gasteiger partial charge in [0.25, 0.3) is 0 Å². The van der Waals surface area contributed by atoms with Gasteiger partial charge in [-0.3, -0.25) is 0 Å². The average Bonchev–Trinajstić information content (AvgIpc) is 2.39. The van der Waals surface area contributed by atoms with E-state index in [9.17, 15) is 4.79 Å². The Bertz CT molecular complexity index is 375. The fourth-order valence-electron chi connectivity index (χ4n) is 1.14. The molecule has 0 aliphatic heterocycles. The van der Waals surface area contributed by atoms with Crippen LogP contribution in [0.3, 0.4) is 0 Å². The molecule has 0 aliphatic rings. The molecule has 5 heteroatoms. The third kappa shape index (κ3) is 5.91. The second-order valence-electron chi connectivity index (χ2n) is 3.40. The summed E-state index contributed by atoms with van der Waals surface area (Å²) in [5, 5.41) is 0. The SMILES string of the molecule is C=CC(=O)OCCOCCOc1ccc(N)cc1. The van der Waals surface area contributed by atoms with Crippen molar-refractivity contribution in [2.45, 2.75) is 0 Å². The molecule has 0 bridgehead atoms. The van der Waals surface area contributed by atoms with Gasteiger partial charge >= 0.3 is 5.97 Å². The topological polar surface area (TPSA) is 70.8 Å². The van der Waals surface area contributed by atoms with Crippen LogP contribution in [0, 0.1) is 0 Å². The van der Waals surface area contributed by atoms with Crippen LogP contribution in [0.5, 0.6) is 5.75 Å². The summed E-state index contributed by atoms with van der Waals surface area (Å²) in [6.45, 7) is 4.69. The van der Waals surface area contributed by atoms with Gasteiger partial charge in [-0.05, 0) is 24.3 Å². The van der Waals surface area contributed by atoms with Gasteiger partial charge in [0, 0.05) is 11.8 Å². The quantitative estimate of drug-likeness (QED) is 0.327. The van der Waals surface area contributed by atoms with E-state index in [0.717, 1.165) is 11.8 Å². The first-order valence-electron chi connectivity index (χ1n) is 5.57. The molecule has 0 aromatic heterocycles. The molecule has 18 heavy (non-hydrogen) atoms. The van der Waals surface area contributed by atoms with E-state index in [1.165, 1.54) is 0 Å². The Hall–Kier alpha value is -2.01. The highest BCUT2D eigenvalue weighted by molar-refractivity contribution is 5.81. The second-order valence-corrected chi connectivity index (χ2v) is 3.40. The summed E-state index contributed by atoms with van der Waals surface area (Å²) in [5.41, 5.74) is 6.24. The zero-order valence-electron chi connectivity index (χ0n) is 10.1. The lowest BCUT2D eigenvalue weighted by Crippen LogP contribution is -2.12. The predicted octanol–water partition coefficient (Wildman–Crippen LogP) is 1.39. The molecule has 0 unspecified atom stereocenters. The van der Waals surface area contributed by atoms with E-state index in [0.29, 0.717) is 25.5 Å². The van der Waals surface area contributed by atoms with Crippen molar-refractivity contribution in [3.05, 3.63) is 36.9 Å². The van der Waals surface area contributed by atoms with Gasteiger partial charge < -0.3 is 19.9 Å². The molecule has 1 aromatic carbocycles. The number of carbonyl (C=O) groups is 1. The number of nitrogen functional groups attached to an aromatic ring is 1. The molecule has 0 atom stereocenters. The van der Waals surface area contributed by atoms with Crippen molar-refractivity contribution in [3.63, 3.8) is 0 Å². The van der Waals surface area contributed by atoms with Gasteiger partial charge in [-0.15, -0.1) is 0 Å². The number of hydrogen-bond donors (Lipinski definition) is 1. The number of hydrogen-bond acceptors (Lipinski definition) is 5. The van der Waals surface area contributed by atoms with E-state index >= 15 is 0 Å². The normalized spacial score (nSPS) is 9.78. The summed E-state index contributed by atoms with van der Waals surface area (Å²) < 4.78 is 15.4. The average molecular weight is 251 g/mol. The van der Waals surface area contributed by atoms with Crippen molar-refractivity contribution >= 4 is 11.7 Å². The Morgan fingerprint density at radius 3 is 2.50 bits per heavy atom. The first-order chi connectivity index (χ1) is 8.72. The van der Waals surface area contributed by atoms with Crippen LogP contribution in [0.4, 0.5) is 5.69 Å². The number of nitrogens with two attached hydrogens (primary N) is 1. The van der Waals surface area contributed by atoms with Crippen LogP contribution < -0.4 is 10.5 Å². The minimum absolute atomic E-state index is 0.215. The van der Waals surface area contributed by atoms with Gasteiger partial charge in [0.2, 0.25) is 0 Å². The number of carbonyl (C=O) groups excluding carboxylic acids is 1. The lowest BCUT2D eigenvalue weighted by atomic mass is 10.3. The van der Waals surface area contributed by atoms with Gasteiger partial charge in [-0.1, -0.05) is 6.58 Å². The van der Waals surface area contributed by atoms with E-state index in [4.69, 9.17) is 19.9 Å². The monoisotopic (exact) mass is 251 g/mol. The van der Waals surface area contributed by atoms with Gasteiger partial charge in [-0.25, -0.2) is 4.79 Å². The lowest BCUT2D eigenvalue weighted by Gasteiger charge is -2.07. The van der Waals surface area contributed by atoms with E-state index in [1.807, 2.05) is 0 Å². The highest BCUT2D eigenvalue weighted by atomic mass is 16.6. The predicted molar refractivity (Wildman–Crippen MR) is 68.3 cm³/mol. The Morgan fingerprint density at radius 2 is 1.83 bits per heavy atom. The molecule has 0 aliphatic carbocycles. The zero-order chi connectivity index (χ0) is 13.2. The summed E-state index contributed by atoms with van der Waals surface area (Å²) in [5.74, 6) is 0.294. The van der Waals surface area contributed by atoms with Gasteiger partial charge in [0.1, 0.15) is 19.0 Å². The van der Waals surface area contributed by atoms with Crippen molar-refractivity contribution in [1.29, 1.82) is 0 Å². The largest absolute Gasteiger partial charge is 0.491 e. The highest BCUT2D eigenvalue weighted by Crippen LogP contribution is 2.12. The molecule has 0 radical (unpaired) electrons. The molecule has 0 saturated carbocycles. The smallest absolute Gasteiger partial charge is 0.330 e. The van der Waals surface area contributed by atoms with Crippen LogP contribution in [-0.2, 0) is 14.3 Å². The maximum atomic E-state index is 10.7. The molecule has 0 amide bonds. The van der Waals surface area contributed by atoms with Crippen LogP contribution in [-0.4, -0.2) is 32.4 Å². The fraction of sp³-hybridized carbons (Fsp3) is 0.308. The summed E-state index contributed by atoms with van der Waals surface area (Å²) in [4.78, 5) is 10.7. The summed E-state index contributed by atoms with van der Waals surface area (Å²) in [6, 6.07) is 7.12. The van der Waals surface area contributed by atoms with Crippen LogP contribution in [0.1, 0.15) is 0 Å². The number of ether oxygens (including phenoxy) is 3. The van der Waals surface area contributed by atoms with Crippen molar-refractivity contribution in [2.24, 2.45) is 0 Å². The maximum Gasteiger partial charge on any atom is 0.330 e. The number of esters is 1. The van der Waals surface area contributed by atoms with Crippen LogP contribution in [0.25, 0.3) is 0 Å². The van der Waals surface area contributed by atoms with Crippen molar-refractivity contribution in [3.8, 4) is 5.75 Å². The van der Waals surface area contributed by atoms with Crippen LogP contribution >= 0.6 is 0 Å². The van der Waals surface area contributed by atoms with Gasteiger partial charge in [0.05, 0.1) is 13.2 Å². The molecule has 1 aromatic rings. The third-order valence-corrected chi connectivity index (χ3v) is 2.02. The molecule has 5 nitrogen and oxygen atoms in total. The minimum Gasteiger partial charge on any atom is -0.491 e. The first-order valence-corrected chi connectivity index (χ1v) is 5.57. The minimum atomic E-state index is -0.447. The standard InChI is InChI=1S/C13H17NO4/c1-2-13(15)18-10-8-16-7-9-17-12-5-3-11(14)4-6-12/h2-6H,1,7-10,14H2. The highest BCUT2D eigenvalue weighted by Gasteiger charge is 1.96. The summed E-state index contributed by atoms with van der Waals surface area (Å²) in [7, 11) is 0. The molecular weight excluding hydrogens is 234 g/mol. The molecule has 98 valence electrons. The molecule has 0 fully saturated rings. The van der Waals surface area contributed by atoms with Crippen molar-refractivity contribution in [1.82, 2.24) is 0 Å². The molecular formula is C13H17NO4. The van der Waals surface area contributed by atoms with E-state index in [1.54, 1.807) is 24.3 Å². The van der Waals surface area contributed by atoms with Gasteiger partial charge in [0.15, 0.2) is 0 Å². The molecule has 2 N–H and O–H groups in total. The summed E-state index contributed by atoms with van der Waals surface area (Å²) in [6.07, 6.45) is 1.12. The molecule has 0 saturated heterocycles. The third-order valence-electron chi connectivity index (χ3n) is 2.02. The van der Waals surface area contributed by atoms with Crippen LogP contribution in [0.2, 0.25) is 0 Å². The first kappa shape index (κ1) is 14.1. The molecule has 0 heterocycles. The van der Waals surface area contributed by atoms with Crippen molar-refractivity contribution in [2.75, 3.05) is 32.2 Å².